The van der Waals surface area contributed by atoms with Crippen LogP contribution >= 0.6 is 0 Å². The van der Waals surface area contributed by atoms with Crippen molar-refractivity contribution in [2.75, 3.05) is 6.61 Å². The molecule has 0 fully saturated rings. The number of hydrogen-bond donors (Lipinski definition) is 2. The van der Waals surface area contributed by atoms with Crippen LogP contribution in [0.1, 0.15) is 20.8 Å². The standard InChI is InChI=1S/C18H25BO3Si/c1-18(2,3)23(22-15-14-19(20)21,16-10-6-4-7-11-16)17-12-8-5-9-13-17/h4-13,20-21H,14-15H2,1-3H3. The third kappa shape index (κ3) is 3.93. The molecule has 0 unspecified atom stereocenters. The summed E-state index contributed by atoms with van der Waals surface area (Å²) in [6, 6.07) is 20.7. The number of hydrogen-bond acceptors (Lipinski definition) is 3. The highest BCUT2D eigenvalue weighted by Crippen LogP contribution is 2.36. The summed E-state index contributed by atoms with van der Waals surface area (Å²) in [5.74, 6) is 0. The SMILES string of the molecule is CC(C)(C)[Si](OCCB(O)O)(c1ccccc1)c1ccccc1. The van der Waals surface area contributed by atoms with Gasteiger partial charge >= 0.3 is 7.12 Å². The highest BCUT2D eigenvalue weighted by molar-refractivity contribution is 6.99. The van der Waals surface area contributed by atoms with Gasteiger partial charge in [-0.05, 0) is 15.4 Å². The van der Waals surface area contributed by atoms with Crippen LogP contribution in [0.2, 0.25) is 11.4 Å². The molecule has 0 bridgehead atoms. The predicted molar refractivity (Wildman–Crippen MR) is 98.6 cm³/mol. The maximum absolute atomic E-state index is 9.18. The van der Waals surface area contributed by atoms with E-state index >= 15 is 0 Å². The minimum absolute atomic E-state index is 0.0872. The van der Waals surface area contributed by atoms with E-state index in [1.54, 1.807) is 0 Å². The van der Waals surface area contributed by atoms with Gasteiger partial charge in [-0.1, -0.05) is 81.4 Å². The van der Waals surface area contributed by atoms with Gasteiger partial charge in [-0.3, -0.25) is 0 Å². The molecule has 0 saturated carbocycles. The molecule has 0 aliphatic heterocycles. The monoisotopic (exact) mass is 328 g/mol. The fraction of sp³-hybridized carbons (Fsp3) is 0.333. The van der Waals surface area contributed by atoms with Crippen LogP contribution in [0.5, 0.6) is 0 Å². The van der Waals surface area contributed by atoms with Crippen LogP contribution in [0.15, 0.2) is 60.7 Å². The van der Waals surface area contributed by atoms with Gasteiger partial charge in [0, 0.05) is 12.9 Å². The summed E-state index contributed by atoms with van der Waals surface area (Å²) in [7, 11) is -3.88. The molecule has 0 heterocycles. The lowest BCUT2D eigenvalue weighted by molar-refractivity contribution is 0.300. The lowest BCUT2D eigenvalue weighted by Crippen LogP contribution is -2.66. The first-order valence-electron chi connectivity index (χ1n) is 7.99. The van der Waals surface area contributed by atoms with Crippen molar-refractivity contribution in [1.29, 1.82) is 0 Å². The maximum Gasteiger partial charge on any atom is 0.453 e. The fourth-order valence-electron chi connectivity index (χ4n) is 3.08. The molecule has 23 heavy (non-hydrogen) atoms. The van der Waals surface area contributed by atoms with Crippen LogP contribution < -0.4 is 10.4 Å². The van der Waals surface area contributed by atoms with Crippen LogP contribution in [0.25, 0.3) is 0 Å². The van der Waals surface area contributed by atoms with Crippen molar-refractivity contribution < 1.29 is 14.5 Å². The molecular formula is C18H25BO3Si. The van der Waals surface area contributed by atoms with Crippen molar-refractivity contribution in [1.82, 2.24) is 0 Å². The van der Waals surface area contributed by atoms with Gasteiger partial charge in [0.2, 0.25) is 0 Å². The van der Waals surface area contributed by atoms with Crippen LogP contribution in [0.3, 0.4) is 0 Å². The molecule has 0 amide bonds. The zero-order chi connectivity index (χ0) is 16.9. The smallest absolute Gasteiger partial charge is 0.427 e. The van der Waals surface area contributed by atoms with Crippen LogP contribution in [-0.2, 0) is 4.43 Å². The Kier molecular flexibility index (Phi) is 5.81. The van der Waals surface area contributed by atoms with Gasteiger partial charge in [-0.25, -0.2) is 0 Å². The Balaban J connectivity index is 2.55. The van der Waals surface area contributed by atoms with E-state index in [0.29, 0.717) is 6.61 Å². The molecule has 2 N–H and O–H groups in total. The first kappa shape index (κ1) is 17.9. The molecular weight excluding hydrogens is 303 g/mol. The van der Waals surface area contributed by atoms with Gasteiger partial charge in [0.15, 0.2) is 0 Å². The van der Waals surface area contributed by atoms with E-state index in [1.807, 2.05) is 36.4 Å². The third-order valence-corrected chi connectivity index (χ3v) is 9.15. The van der Waals surface area contributed by atoms with E-state index in [4.69, 9.17) is 4.43 Å². The van der Waals surface area contributed by atoms with E-state index in [0.717, 1.165) is 0 Å². The highest BCUT2D eigenvalue weighted by atomic mass is 28.4. The van der Waals surface area contributed by atoms with Gasteiger partial charge in [-0.2, -0.15) is 0 Å². The van der Waals surface area contributed by atoms with Crippen molar-refractivity contribution in [2.45, 2.75) is 32.1 Å². The van der Waals surface area contributed by atoms with Gasteiger partial charge in [0.1, 0.15) is 0 Å². The molecule has 3 nitrogen and oxygen atoms in total. The van der Waals surface area contributed by atoms with Crippen LogP contribution in [-0.4, -0.2) is 32.1 Å². The van der Waals surface area contributed by atoms with E-state index in [9.17, 15) is 10.0 Å². The Morgan fingerprint density at radius 1 is 0.870 bits per heavy atom. The summed E-state index contributed by atoms with van der Waals surface area (Å²) < 4.78 is 6.50. The number of benzene rings is 2. The second-order valence-corrected chi connectivity index (χ2v) is 11.1. The van der Waals surface area contributed by atoms with E-state index in [1.165, 1.54) is 10.4 Å². The Morgan fingerprint density at radius 3 is 1.65 bits per heavy atom. The molecule has 0 saturated heterocycles. The summed E-state index contributed by atoms with van der Waals surface area (Å²) >= 11 is 0. The Morgan fingerprint density at radius 2 is 1.30 bits per heavy atom. The van der Waals surface area contributed by atoms with Crippen molar-refractivity contribution >= 4 is 25.8 Å². The van der Waals surface area contributed by atoms with Crippen LogP contribution in [0, 0.1) is 0 Å². The first-order chi connectivity index (χ1) is 10.9. The molecule has 0 aliphatic rings. The molecule has 0 aliphatic carbocycles. The van der Waals surface area contributed by atoms with Gasteiger partial charge in [0.25, 0.3) is 8.32 Å². The van der Waals surface area contributed by atoms with E-state index in [-0.39, 0.29) is 11.4 Å². The zero-order valence-corrected chi connectivity index (χ0v) is 15.1. The summed E-state index contributed by atoms with van der Waals surface area (Å²) in [5, 5.41) is 20.7. The van der Waals surface area contributed by atoms with Gasteiger partial charge in [0.05, 0.1) is 0 Å². The minimum Gasteiger partial charge on any atom is -0.427 e. The van der Waals surface area contributed by atoms with Crippen LogP contribution in [0.4, 0.5) is 0 Å². The minimum atomic E-state index is -2.54. The van der Waals surface area contributed by atoms with Gasteiger partial charge < -0.3 is 14.5 Å². The predicted octanol–water partition coefficient (Wildman–Crippen LogP) is 2.04. The zero-order valence-electron chi connectivity index (χ0n) is 14.1. The Bertz CT molecular complexity index is 557. The molecule has 122 valence electrons. The first-order valence-corrected chi connectivity index (χ1v) is 9.90. The lowest BCUT2D eigenvalue weighted by atomic mass is 9.87. The Hall–Kier alpha value is -1.40. The largest absolute Gasteiger partial charge is 0.453 e. The Labute approximate surface area is 140 Å². The molecule has 2 rings (SSSR count). The lowest BCUT2D eigenvalue weighted by Gasteiger charge is -2.43. The fourth-order valence-corrected chi connectivity index (χ4v) is 7.66. The van der Waals surface area contributed by atoms with Crippen molar-refractivity contribution in [3.63, 3.8) is 0 Å². The molecule has 5 heteroatoms. The molecule has 0 spiro atoms. The van der Waals surface area contributed by atoms with Crippen molar-refractivity contribution in [2.24, 2.45) is 0 Å². The number of rotatable bonds is 6. The highest BCUT2D eigenvalue weighted by Gasteiger charge is 2.50. The summed E-state index contributed by atoms with van der Waals surface area (Å²) in [4.78, 5) is 0. The van der Waals surface area contributed by atoms with Crippen molar-refractivity contribution in [3.05, 3.63) is 60.7 Å². The van der Waals surface area contributed by atoms with E-state index in [2.05, 4.69) is 45.0 Å². The second-order valence-electron chi connectivity index (χ2n) is 6.78. The maximum atomic E-state index is 9.18. The summed E-state index contributed by atoms with van der Waals surface area (Å²) in [6.45, 7) is 6.93. The quantitative estimate of drug-likeness (QED) is 0.798. The van der Waals surface area contributed by atoms with Gasteiger partial charge in [-0.15, -0.1) is 0 Å². The molecule has 2 aromatic rings. The van der Waals surface area contributed by atoms with E-state index < -0.39 is 15.4 Å². The third-order valence-electron chi connectivity index (χ3n) is 4.11. The molecule has 2 aromatic carbocycles. The molecule has 0 radical (unpaired) electrons. The summed E-state index contributed by atoms with van der Waals surface area (Å²) in [5.41, 5.74) is 0. The summed E-state index contributed by atoms with van der Waals surface area (Å²) in [6.07, 6.45) is 0.213. The topological polar surface area (TPSA) is 49.7 Å². The van der Waals surface area contributed by atoms with Crippen molar-refractivity contribution in [3.8, 4) is 0 Å². The average molecular weight is 328 g/mol. The molecule has 0 aromatic heterocycles. The second kappa shape index (κ2) is 7.45. The molecule has 0 atom stereocenters. The average Bonchev–Trinajstić information content (AvgIpc) is 2.52. The normalized spacial score (nSPS) is 12.2.